The van der Waals surface area contributed by atoms with Crippen molar-refractivity contribution in [2.45, 2.75) is 37.6 Å². The van der Waals surface area contributed by atoms with Crippen molar-refractivity contribution in [2.24, 2.45) is 0 Å². The van der Waals surface area contributed by atoms with Crippen molar-refractivity contribution in [3.05, 3.63) is 11.6 Å². The minimum Gasteiger partial charge on any atom is -0.394 e. The largest absolute Gasteiger partial charge is 0.394 e. The second-order valence-electron chi connectivity index (χ2n) is 4.63. The third-order valence-corrected chi connectivity index (χ3v) is 4.76. The summed E-state index contributed by atoms with van der Waals surface area (Å²) in [5, 5.41) is 18.1. The molecule has 88 valence electrons. The van der Waals surface area contributed by atoms with Gasteiger partial charge in [0.25, 0.3) is 0 Å². The first-order chi connectivity index (χ1) is 7.90. The van der Waals surface area contributed by atoms with E-state index in [0.717, 1.165) is 36.7 Å². The van der Waals surface area contributed by atoms with Crippen LogP contribution < -0.4 is 0 Å². The van der Waals surface area contributed by atoms with Gasteiger partial charge in [0.05, 0.1) is 12.6 Å². The predicted octanol–water partition coefficient (Wildman–Crippen LogP) is 1.37. The van der Waals surface area contributed by atoms with E-state index in [-0.39, 0.29) is 12.6 Å². The van der Waals surface area contributed by atoms with Gasteiger partial charge in [-0.05, 0) is 25.0 Å². The topological polar surface area (TPSA) is 50.9 Å². The Labute approximate surface area is 99.4 Å². The summed E-state index contributed by atoms with van der Waals surface area (Å²) in [6, 6.07) is 0.222. The Hall–Kier alpha value is -0.550. The Morgan fingerprint density at radius 2 is 2.31 bits per heavy atom. The van der Waals surface area contributed by atoms with E-state index in [0.29, 0.717) is 5.92 Å². The van der Waals surface area contributed by atoms with Crippen LogP contribution in [0.25, 0.3) is 0 Å². The van der Waals surface area contributed by atoms with Crippen molar-refractivity contribution in [3.8, 4) is 0 Å². The fraction of sp³-hybridized carbons (Fsp3) is 0.818. The van der Waals surface area contributed by atoms with Crippen LogP contribution in [0.3, 0.4) is 0 Å². The number of hydrogen-bond donors (Lipinski definition) is 1. The van der Waals surface area contributed by atoms with E-state index in [1.54, 1.807) is 0 Å². The lowest BCUT2D eigenvalue weighted by atomic mass is 10.0. The summed E-state index contributed by atoms with van der Waals surface area (Å²) < 4.78 is 2.22. The molecule has 0 spiro atoms. The SMILES string of the molecule is OCC1CCCc2nnc(C3CCSC3)n21. The highest BCUT2D eigenvalue weighted by molar-refractivity contribution is 7.99. The van der Waals surface area contributed by atoms with Crippen LogP contribution in [-0.4, -0.2) is 38.0 Å². The van der Waals surface area contributed by atoms with Crippen LogP contribution >= 0.6 is 11.8 Å². The number of thioether (sulfide) groups is 1. The van der Waals surface area contributed by atoms with Gasteiger partial charge in [0.1, 0.15) is 11.6 Å². The Balaban J connectivity index is 1.96. The lowest BCUT2D eigenvalue weighted by Gasteiger charge is -2.25. The van der Waals surface area contributed by atoms with Crippen molar-refractivity contribution in [1.82, 2.24) is 14.8 Å². The average Bonchev–Trinajstić information content (AvgIpc) is 2.96. The zero-order chi connectivity index (χ0) is 11.0. The Bertz CT molecular complexity index is 373. The quantitative estimate of drug-likeness (QED) is 0.847. The monoisotopic (exact) mass is 239 g/mol. The molecule has 2 aliphatic heterocycles. The fourth-order valence-corrected chi connectivity index (χ4v) is 3.94. The molecular formula is C11H17N3OS. The molecule has 0 aliphatic carbocycles. The van der Waals surface area contributed by atoms with Gasteiger partial charge in [-0.25, -0.2) is 0 Å². The molecule has 0 amide bonds. The van der Waals surface area contributed by atoms with Gasteiger partial charge >= 0.3 is 0 Å². The molecule has 3 rings (SSSR count). The summed E-state index contributed by atoms with van der Waals surface area (Å²) >= 11 is 2.00. The first-order valence-electron chi connectivity index (χ1n) is 6.02. The smallest absolute Gasteiger partial charge is 0.137 e. The fourth-order valence-electron chi connectivity index (χ4n) is 2.72. The highest BCUT2D eigenvalue weighted by atomic mass is 32.2. The number of hydrogen-bond acceptors (Lipinski definition) is 4. The summed E-state index contributed by atoms with van der Waals surface area (Å²) in [5.74, 6) is 5.15. The first-order valence-corrected chi connectivity index (χ1v) is 7.18. The van der Waals surface area contributed by atoms with E-state index in [1.807, 2.05) is 11.8 Å². The summed E-state index contributed by atoms with van der Waals surface area (Å²) in [5.41, 5.74) is 0. The van der Waals surface area contributed by atoms with E-state index in [9.17, 15) is 5.11 Å². The molecule has 1 N–H and O–H groups in total. The molecule has 3 heterocycles. The van der Waals surface area contributed by atoms with Crippen LogP contribution in [0.1, 0.15) is 42.9 Å². The molecule has 1 aromatic rings. The van der Waals surface area contributed by atoms with Crippen LogP contribution in [0.4, 0.5) is 0 Å². The summed E-state index contributed by atoms with van der Waals surface area (Å²) in [4.78, 5) is 0. The maximum atomic E-state index is 9.44. The van der Waals surface area contributed by atoms with Crippen molar-refractivity contribution in [2.75, 3.05) is 18.1 Å². The third-order valence-electron chi connectivity index (χ3n) is 3.60. The molecular weight excluding hydrogens is 222 g/mol. The van der Waals surface area contributed by atoms with Gasteiger partial charge in [0, 0.05) is 18.1 Å². The second-order valence-corrected chi connectivity index (χ2v) is 5.78. The molecule has 0 bridgehead atoms. The molecule has 2 unspecified atom stereocenters. The van der Waals surface area contributed by atoms with E-state index < -0.39 is 0 Å². The average molecular weight is 239 g/mol. The van der Waals surface area contributed by atoms with Gasteiger partial charge in [-0.2, -0.15) is 11.8 Å². The van der Waals surface area contributed by atoms with Crippen LogP contribution in [0, 0.1) is 0 Å². The normalized spacial score (nSPS) is 29.3. The van der Waals surface area contributed by atoms with Gasteiger partial charge < -0.3 is 9.67 Å². The molecule has 4 nitrogen and oxygen atoms in total. The Morgan fingerprint density at radius 1 is 1.38 bits per heavy atom. The number of aromatic nitrogens is 3. The molecule has 0 aromatic carbocycles. The standard InChI is InChI=1S/C11H17N3OS/c15-6-9-2-1-3-10-12-13-11(14(9)10)8-4-5-16-7-8/h8-9,15H,1-7H2. The Morgan fingerprint density at radius 3 is 3.06 bits per heavy atom. The number of nitrogens with zero attached hydrogens (tertiary/aromatic N) is 3. The van der Waals surface area contributed by atoms with E-state index in [2.05, 4.69) is 14.8 Å². The second kappa shape index (κ2) is 4.37. The zero-order valence-corrected chi connectivity index (χ0v) is 10.1. The van der Waals surface area contributed by atoms with Crippen LogP contribution in [0.2, 0.25) is 0 Å². The Kier molecular flexibility index (Phi) is 2.90. The third kappa shape index (κ3) is 1.66. The number of aliphatic hydroxyl groups is 1. The summed E-state index contributed by atoms with van der Waals surface area (Å²) in [6.45, 7) is 0.220. The van der Waals surface area contributed by atoms with E-state index in [4.69, 9.17) is 0 Å². The van der Waals surface area contributed by atoms with Gasteiger partial charge in [-0.1, -0.05) is 0 Å². The highest BCUT2D eigenvalue weighted by Gasteiger charge is 2.29. The zero-order valence-electron chi connectivity index (χ0n) is 9.30. The minimum absolute atomic E-state index is 0.220. The first kappa shape index (κ1) is 10.6. The number of aryl methyl sites for hydroxylation is 1. The van der Waals surface area contributed by atoms with Crippen LogP contribution in [-0.2, 0) is 6.42 Å². The van der Waals surface area contributed by atoms with Crippen molar-refractivity contribution < 1.29 is 5.11 Å². The maximum absolute atomic E-state index is 9.44. The van der Waals surface area contributed by atoms with Crippen LogP contribution in [0.15, 0.2) is 0 Å². The molecule has 1 fully saturated rings. The van der Waals surface area contributed by atoms with Gasteiger partial charge in [0.15, 0.2) is 0 Å². The lowest BCUT2D eigenvalue weighted by Crippen LogP contribution is -2.24. The van der Waals surface area contributed by atoms with Gasteiger partial charge in [-0.15, -0.1) is 10.2 Å². The van der Waals surface area contributed by atoms with E-state index >= 15 is 0 Å². The molecule has 2 atom stereocenters. The molecule has 1 saturated heterocycles. The molecule has 0 radical (unpaired) electrons. The molecule has 16 heavy (non-hydrogen) atoms. The summed E-state index contributed by atoms with van der Waals surface area (Å²) in [7, 11) is 0. The highest BCUT2D eigenvalue weighted by Crippen LogP contribution is 2.35. The number of rotatable bonds is 2. The van der Waals surface area contributed by atoms with Gasteiger partial charge in [-0.3, -0.25) is 0 Å². The van der Waals surface area contributed by atoms with Crippen molar-refractivity contribution in [3.63, 3.8) is 0 Å². The molecule has 1 aromatic heterocycles. The number of aliphatic hydroxyl groups excluding tert-OH is 1. The maximum Gasteiger partial charge on any atom is 0.137 e. The van der Waals surface area contributed by atoms with Crippen LogP contribution in [0.5, 0.6) is 0 Å². The predicted molar refractivity (Wildman–Crippen MR) is 63.8 cm³/mol. The molecule has 5 heteroatoms. The minimum atomic E-state index is 0.220. The van der Waals surface area contributed by atoms with E-state index in [1.165, 1.54) is 12.2 Å². The molecule has 0 saturated carbocycles. The lowest BCUT2D eigenvalue weighted by molar-refractivity contribution is 0.202. The van der Waals surface area contributed by atoms with Crippen molar-refractivity contribution >= 4 is 11.8 Å². The number of fused-ring (bicyclic) bond motifs is 1. The molecule has 2 aliphatic rings. The van der Waals surface area contributed by atoms with Gasteiger partial charge in [0.2, 0.25) is 0 Å². The summed E-state index contributed by atoms with van der Waals surface area (Å²) in [6.07, 6.45) is 4.42. The van der Waals surface area contributed by atoms with Crippen molar-refractivity contribution in [1.29, 1.82) is 0 Å².